The largest absolute Gasteiger partial charge is 0.325 e. The predicted octanol–water partition coefficient (Wildman–Crippen LogP) is 6.01. The van der Waals surface area contributed by atoms with E-state index in [1.54, 1.807) is 73.7 Å². The van der Waals surface area contributed by atoms with Gasteiger partial charge in [-0.1, -0.05) is 47.1 Å². The molecule has 4 aromatic rings. The highest BCUT2D eigenvalue weighted by Crippen LogP contribution is 2.27. The Bertz CT molecular complexity index is 1470. The molecule has 3 aromatic carbocycles. The smallest absolute Gasteiger partial charge is 0.266 e. The average Bonchev–Trinajstić information content (AvgIpc) is 2.80. The van der Waals surface area contributed by atoms with Gasteiger partial charge in [0, 0.05) is 21.3 Å². The van der Waals surface area contributed by atoms with Crippen molar-refractivity contribution in [3.63, 3.8) is 0 Å². The topological polar surface area (TPSA) is 81.1 Å². The van der Waals surface area contributed by atoms with Gasteiger partial charge in [-0.05, 0) is 68.4 Å². The van der Waals surface area contributed by atoms with Crippen LogP contribution in [0.1, 0.15) is 24.2 Å². The Kier molecular flexibility index (Phi) is 7.07. The standard InChI is InChI=1S/C25H19Cl2N3O3S/c1-14(31)16-4-3-5-19(12-16)28-23(32)15(2)34-25-29-22-13-18(27)8-11-21(22)24(33)30(25)20-9-6-17(26)7-10-20/h3-13,15H,1-2H3,(H,28,32)/t15-/m0/s1. The second kappa shape index (κ2) is 10.0. The van der Waals surface area contributed by atoms with Gasteiger partial charge in [0.2, 0.25) is 5.91 Å². The minimum atomic E-state index is -0.608. The third-order valence-corrected chi connectivity index (χ3v) is 6.61. The van der Waals surface area contributed by atoms with Crippen LogP contribution in [0.25, 0.3) is 16.6 Å². The number of aromatic nitrogens is 2. The van der Waals surface area contributed by atoms with Gasteiger partial charge in [-0.2, -0.15) is 0 Å². The van der Waals surface area contributed by atoms with Crippen LogP contribution >= 0.6 is 35.0 Å². The molecule has 0 aliphatic carbocycles. The molecule has 0 radical (unpaired) electrons. The van der Waals surface area contributed by atoms with E-state index in [2.05, 4.69) is 10.3 Å². The van der Waals surface area contributed by atoms with Crippen molar-refractivity contribution in [2.45, 2.75) is 24.3 Å². The van der Waals surface area contributed by atoms with E-state index in [1.165, 1.54) is 11.5 Å². The van der Waals surface area contributed by atoms with E-state index >= 15 is 0 Å². The zero-order valence-electron chi connectivity index (χ0n) is 18.2. The van der Waals surface area contributed by atoms with E-state index in [0.29, 0.717) is 43.0 Å². The summed E-state index contributed by atoms with van der Waals surface area (Å²) in [5.41, 5.74) is 1.74. The summed E-state index contributed by atoms with van der Waals surface area (Å²) in [5.74, 6) is -0.390. The van der Waals surface area contributed by atoms with Crippen LogP contribution in [0.2, 0.25) is 10.0 Å². The number of fused-ring (bicyclic) bond motifs is 1. The highest BCUT2D eigenvalue weighted by atomic mass is 35.5. The Hall–Kier alpha value is -3.13. The minimum Gasteiger partial charge on any atom is -0.325 e. The lowest BCUT2D eigenvalue weighted by molar-refractivity contribution is -0.115. The number of carbonyl (C=O) groups is 2. The molecule has 1 heterocycles. The molecule has 172 valence electrons. The summed E-state index contributed by atoms with van der Waals surface area (Å²) in [6.45, 7) is 3.18. The van der Waals surface area contributed by atoms with Crippen LogP contribution in [0.4, 0.5) is 5.69 Å². The molecule has 4 rings (SSSR count). The first kappa shape index (κ1) is 24.0. The van der Waals surface area contributed by atoms with Crippen LogP contribution in [0.5, 0.6) is 0 Å². The summed E-state index contributed by atoms with van der Waals surface area (Å²) in [6, 6.07) is 18.4. The molecule has 0 bridgehead atoms. The predicted molar refractivity (Wildman–Crippen MR) is 138 cm³/mol. The second-order valence-corrected chi connectivity index (χ2v) is 9.74. The van der Waals surface area contributed by atoms with Crippen LogP contribution < -0.4 is 10.9 Å². The quantitative estimate of drug-likeness (QED) is 0.194. The molecular formula is C25H19Cl2N3O3S. The lowest BCUT2D eigenvalue weighted by Crippen LogP contribution is -2.26. The first-order chi connectivity index (χ1) is 16.2. The van der Waals surface area contributed by atoms with Crippen molar-refractivity contribution in [1.29, 1.82) is 0 Å². The number of Topliss-reactive ketones (excluding diaryl/α,β-unsaturated/α-hetero) is 1. The van der Waals surface area contributed by atoms with Gasteiger partial charge in [0.1, 0.15) is 0 Å². The van der Waals surface area contributed by atoms with Crippen molar-refractivity contribution in [3.05, 3.63) is 92.7 Å². The molecule has 0 aliphatic heterocycles. The van der Waals surface area contributed by atoms with Gasteiger partial charge in [-0.25, -0.2) is 4.98 Å². The first-order valence-corrected chi connectivity index (χ1v) is 11.9. The fraction of sp³-hybridized carbons (Fsp3) is 0.120. The first-order valence-electron chi connectivity index (χ1n) is 10.3. The van der Waals surface area contributed by atoms with E-state index in [4.69, 9.17) is 23.2 Å². The Morgan fingerprint density at radius 1 is 1.00 bits per heavy atom. The molecule has 34 heavy (non-hydrogen) atoms. The molecule has 0 unspecified atom stereocenters. The van der Waals surface area contributed by atoms with Gasteiger partial charge in [0.05, 0.1) is 21.8 Å². The average molecular weight is 512 g/mol. The SMILES string of the molecule is CC(=O)c1cccc(NC(=O)[C@H](C)Sc2nc3cc(Cl)ccc3c(=O)n2-c2ccc(Cl)cc2)c1. The number of nitrogens with one attached hydrogen (secondary N) is 1. The summed E-state index contributed by atoms with van der Waals surface area (Å²) >= 11 is 13.3. The molecular weight excluding hydrogens is 493 g/mol. The zero-order chi connectivity index (χ0) is 24.4. The molecule has 9 heteroatoms. The lowest BCUT2D eigenvalue weighted by Gasteiger charge is -2.17. The van der Waals surface area contributed by atoms with Crippen LogP contribution in [0.3, 0.4) is 0 Å². The Balaban J connectivity index is 1.71. The van der Waals surface area contributed by atoms with Crippen LogP contribution in [0, 0.1) is 0 Å². The van der Waals surface area contributed by atoms with Crippen LogP contribution in [-0.4, -0.2) is 26.5 Å². The lowest BCUT2D eigenvalue weighted by atomic mass is 10.1. The van der Waals surface area contributed by atoms with Crippen molar-refractivity contribution in [2.24, 2.45) is 0 Å². The number of nitrogens with zero attached hydrogens (tertiary/aromatic N) is 2. The normalized spacial score (nSPS) is 11.9. The van der Waals surface area contributed by atoms with E-state index in [9.17, 15) is 14.4 Å². The molecule has 0 aliphatic rings. The van der Waals surface area contributed by atoms with Crippen LogP contribution in [0.15, 0.2) is 76.7 Å². The minimum absolute atomic E-state index is 0.0930. The van der Waals surface area contributed by atoms with Crippen molar-refractivity contribution >= 4 is 63.2 Å². The highest BCUT2D eigenvalue weighted by Gasteiger charge is 2.21. The summed E-state index contributed by atoms with van der Waals surface area (Å²) in [6.07, 6.45) is 0. The number of amides is 1. The summed E-state index contributed by atoms with van der Waals surface area (Å²) < 4.78 is 1.46. The maximum Gasteiger partial charge on any atom is 0.266 e. The summed E-state index contributed by atoms with van der Waals surface area (Å²) in [4.78, 5) is 42.6. The molecule has 0 saturated heterocycles. The number of anilines is 1. The fourth-order valence-corrected chi connectivity index (χ4v) is 4.53. The van der Waals surface area contributed by atoms with Gasteiger partial charge in [0.15, 0.2) is 10.9 Å². The van der Waals surface area contributed by atoms with Gasteiger partial charge in [0.25, 0.3) is 5.56 Å². The monoisotopic (exact) mass is 511 g/mol. The maximum absolute atomic E-state index is 13.4. The molecule has 0 spiro atoms. The summed E-state index contributed by atoms with van der Waals surface area (Å²) in [5, 5.41) is 3.94. The number of hydrogen-bond donors (Lipinski definition) is 1. The number of rotatable bonds is 6. The Morgan fingerprint density at radius 2 is 1.71 bits per heavy atom. The molecule has 1 N–H and O–H groups in total. The van der Waals surface area contributed by atoms with Crippen molar-refractivity contribution < 1.29 is 9.59 Å². The third-order valence-electron chi connectivity index (χ3n) is 5.07. The Morgan fingerprint density at radius 3 is 2.41 bits per heavy atom. The maximum atomic E-state index is 13.4. The van der Waals surface area contributed by atoms with Gasteiger partial charge in [-0.3, -0.25) is 19.0 Å². The van der Waals surface area contributed by atoms with Crippen LogP contribution in [-0.2, 0) is 4.79 Å². The molecule has 0 fully saturated rings. The number of halogens is 2. The zero-order valence-corrected chi connectivity index (χ0v) is 20.5. The fourth-order valence-electron chi connectivity index (χ4n) is 3.31. The van der Waals surface area contributed by atoms with E-state index in [1.807, 2.05) is 0 Å². The van der Waals surface area contributed by atoms with Crippen molar-refractivity contribution in [3.8, 4) is 5.69 Å². The summed E-state index contributed by atoms with van der Waals surface area (Å²) in [7, 11) is 0. The number of thioether (sulfide) groups is 1. The third kappa shape index (κ3) is 5.17. The number of carbonyl (C=O) groups excluding carboxylic acids is 2. The van der Waals surface area contributed by atoms with Gasteiger partial charge < -0.3 is 5.32 Å². The number of ketones is 1. The second-order valence-electron chi connectivity index (χ2n) is 7.56. The molecule has 1 atom stereocenters. The Labute approximate surface area is 209 Å². The van der Waals surface area contributed by atoms with Gasteiger partial charge in [-0.15, -0.1) is 0 Å². The van der Waals surface area contributed by atoms with E-state index < -0.39 is 5.25 Å². The molecule has 1 amide bonds. The molecule has 6 nitrogen and oxygen atoms in total. The highest BCUT2D eigenvalue weighted by molar-refractivity contribution is 8.00. The molecule has 1 aromatic heterocycles. The van der Waals surface area contributed by atoms with E-state index in [-0.39, 0.29) is 17.2 Å². The van der Waals surface area contributed by atoms with Gasteiger partial charge >= 0.3 is 0 Å². The number of benzene rings is 3. The molecule has 0 saturated carbocycles. The van der Waals surface area contributed by atoms with E-state index in [0.717, 1.165) is 11.8 Å². The van der Waals surface area contributed by atoms with Crippen molar-refractivity contribution in [1.82, 2.24) is 9.55 Å². The number of hydrogen-bond acceptors (Lipinski definition) is 5. The van der Waals surface area contributed by atoms with Crippen molar-refractivity contribution in [2.75, 3.05) is 5.32 Å².